The number of nitrogens with zero attached hydrogens (tertiary/aromatic N) is 9. The fraction of sp³-hybridized carbons (Fsp3) is 0.409. The second-order valence-corrected chi connectivity index (χ2v) is 8.22. The van der Waals surface area contributed by atoms with Crippen LogP contribution in [0.15, 0.2) is 63.8 Å². The number of fused-ring (bicyclic) bond motifs is 1. The van der Waals surface area contributed by atoms with Gasteiger partial charge in [-0.3, -0.25) is 10.0 Å². The molecule has 170 valence electrons. The van der Waals surface area contributed by atoms with Gasteiger partial charge in [0.1, 0.15) is 11.4 Å². The summed E-state index contributed by atoms with van der Waals surface area (Å²) in [6.07, 6.45) is 5.34. The van der Waals surface area contributed by atoms with Crippen LogP contribution < -0.4 is 21.1 Å². The Morgan fingerprint density at radius 3 is 2.45 bits per heavy atom. The molecule has 0 radical (unpaired) electrons. The van der Waals surface area contributed by atoms with E-state index in [0.29, 0.717) is 6.54 Å². The van der Waals surface area contributed by atoms with Crippen LogP contribution in [0, 0.1) is 0 Å². The number of rotatable bonds is 7. The van der Waals surface area contributed by atoms with Crippen molar-refractivity contribution in [1.82, 2.24) is 0 Å². The van der Waals surface area contributed by atoms with Crippen molar-refractivity contribution in [3.8, 4) is 0 Å². The molecule has 1 aliphatic heterocycles. The van der Waals surface area contributed by atoms with Gasteiger partial charge in [0.25, 0.3) is 0 Å². The standard InChI is InChI=1S/C22H27N11/c23-30-27-15-32(16-28-31-24)18-8-6-7-17(13-18)14-26-21-22(11-4-1-5-12-22)33(25)20-10-3-2-9-19(20)29-21/h2-3,6-10,13H,1,4-5,11-12,14-16,25H2,(H,26,29). The van der Waals surface area contributed by atoms with Crippen molar-refractivity contribution in [3.05, 3.63) is 75.0 Å². The van der Waals surface area contributed by atoms with Gasteiger partial charge in [0.15, 0.2) is 0 Å². The van der Waals surface area contributed by atoms with E-state index < -0.39 is 0 Å². The van der Waals surface area contributed by atoms with Gasteiger partial charge in [-0.25, -0.2) is 5.84 Å². The Morgan fingerprint density at radius 1 is 1.00 bits per heavy atom. The van der Waals surface area contributed by atoms with Gasteiger partial charge < -0.3 is 10.2 Å². The van der Waals surface area contributed by atoms with E-state index in [1.807, 2.05) is 53.5 Å². The maximum Gasteiger partial charge on any atom is 0.129 e. The Bertz CT molecular complexity index is 1090. The molecule has 0 bridgehead atoms. The molecule has 2 aliphatic rings. The summed E-state index contributed by atoms with van der Waals surface area (Å²) in [6, 6.07) is 15.8. The number of amidine groups is 1. The number of aliphatic imine (C=N–C) groups is 1. The van der Waals surface area contributed by atoms with Gasteiger partial charge in [-0.2, -0.15) is 0 Å². The summed E-state index contributed by atoms with van der Waals surface area (Å²) in [7, 11) is 0. The maximum absolute atomic E-state index is 8.67. The van der Waals surface area contributed by atoms with Gasteiger partial charge in [0.05, 0.1) is 31.3 Å². The molecule has 0 aromatic heterocycles. The van der Waals surface area contributed by atoms with Crippen LogP contribution in [0.4, 0.5) is 17.1 Å². The van der Waals surface area contributed by atoms with Crippen molar-refractivity contribution < 1.29 is 0 Å². The predicted molar refractivity (Wildman–Crippen MR) is 131 cm³/mol. The highest BCUT2D eigenvalue weighted by molar-refractivity contribution is 6.09. The smallest absolute Gasteiger partial charge is 0.129 e. The van der Waals surface area contributed by atoms with Crippen LogP contribution in [-0.4, -0.2) is 24.7 Å². The average Bonchev–Trinajstić information content (AvgIpc) is 2.86. The van der Waals surface area contributed by atoms with E-state index in [1.54, 1.807) is 4.90 Å². The van der Waals surface area contributed by atoms with E-state index in [0.717, 1.165) is 54.1 Å². The van der Waals surface area contributed by atoms with Gasteiger partial charge in [-0.15, -0.1) is 0 Å². The highest BCUT2D eigenvalue weighted by atomic mass is 15.5. The lowest BCUT2D eigenvalue weighted by Gasteiger charge is -2.49. The molecular formula is C22H27N11. The highest BCUT2D eigenvalue weighted by Crippen LogP contribution is 2.42. The zero-order valence-corrected chi connectivity index (χ0v) is 18.4. The highest BCUT2D eigenvalue weighted by Gasteiger charge is 2.45. The molecule has 1 saturated carbocycles. The first-order valence-corrected chi connectivity index (χ1v) is 11.0. The minimum absolute atomic E-state index is 0.0665. The van der Waals surface area contributed by atoms with Crippen LogP contribution in [0.1, 0.15) is 37.7 Å². The summed E-state index contributed by atoms with van der Waals surface area (Å²) in [5, 5.41) is 12.7. The predicted octanol–water partition coefficient (Wildman–Crippen LogP) is 5.44. The molecule has 2 aromatic carbocycles. The molecule has 1 heterocycles. The maximum atomic E-state index is 8.67. The van der Waals surface area contributed by atoms with Crippen LogP contribution in [0.3, 0.4) is 0 Å². The van der Waals surface area contributed by atoms with Crippen molar-refractivity contribution in [1.29, 1.82) is 0 Å². The number of hydrazine groups is 1. The summed E-state index contributed by atoms with van der Waals surface area (Å²) in [5.74, 6) is 7.60. The Balaban J connectivity index is 1.63. The first-order chi connectivity index (χ1) is 16.2. The lowest BCUT2D eigenvalue weighted by molar-refractivity contribution is 0.353. The number of hydrogen-bond donors (Lipinski definition) is 2. The molecule has 4 rings (SSSR count). The molecular weight excluding hydrogens is 418 g/mol. The summed E-state index contributed by atoms with van der Waals surface area (Å²) >= 11 is 0. The normalized spacial score (nSPS) is 17.5. The van der Waals surface area contributed by atoms with Crippen LogP contribution in [0.2, 0.25) is 0 Å². The van der Waals surface area contributed by atoms with Gasteiger partial charge >= 0.3 is 0 Å². The van der Waals surface area contributed by atoms with E-state index in [1.165, 1.54) is 6.42 Å². The first-order valence-electron chi connectivity index (χ1n) is 11.0. The molecule has 11 nitrogen and oxygen atoms in total. The van der Waals surface area contributed by atoms with Crippen molar-refractivity contribution >= 4 is 22.9 Å². The van der Waals surface area contributed by atoms with Gasteiger partial charge in [0, 0.05) is 15.5 Å². The third-order valence-electron chi connectivity index (χ3n) is 6.29. The fourth-order valence-electron chi connectivity index (χ4n) is 4.62. The molecule has 1 aliphatic carbocycles. The zero-order valence-electron chi connectivity index (χ0n) is 18.4. The summed E-state index contributed by atoms with van der Waals surface area (Å²) in [4.78, 5) is 12.3. The molecule has 33 heavy (non-hydrogen) atoms. The minimum Gasteiger partial charge on any atom is -0.360 e. The first kappa shape index (κ1) is 22.3. The summed E-state index contributed by atoms with van der Waals surface area (Å²) in [6.45, 7) is 0.596. The molecule has 3 N–H and O–H groups in total. The minimum atomic E-state index is -0.334. The Hall–Kier alpha value is -3.91. The van der Waals surface area contributed by atoms with Crippen molar-refractivity contribution in [3.63, 3.8) is 0 Å². The topological polar surface area (TPSA) is 154 Å². The SMILES string of the molecule is [N-]=[N+]=NCN(CN=[N+]=[N-])c1cccc(CN=C2Nc3ccccc3N(N)C23CCCCC3)c1. The monoisotopic (exact) mass is 445 g/mol. The number of benzene rings is 2. The molecule has 0 amide bonds. The molecule has 2 aromatic rings. The van der Waals surface area contributed by atoms with E-state index >= 15 is 0 Å². The van der Waals surface area contributed by atoms with Crippen LogP contribution in [0.25, 0.3) is 20.9 Å². The summed E-state index contributed by atoms with van der Waals surface area (Å²) < 4.78 is 0. The number of nitrogens with two attached hydrogens (primary N) is 1. The third kappa shape index (κ3) is 4.65. The second-order valence-electron chi connectivity index (χ2n) is 8.22. The average molecular weight is 446 g/mol. The van der Waals surface area contributed by atoms with E-state index in [9.17, 15) is 0 Å². The molecule has 0 atom stereocenters. The van der Waals surface area contributed by atoms with Gasteiger partial charge in [-0.05, 0) is 53.7 Å². The number of azide groups is 2. The van der Waals surface area contributed by atoms with Gasteiger partial charge in [-0.1, -0.05) is 53.8 Å². The molecule has 0 saturated heterocycles. The molecule has 1 fully saturated rings. The Labute approximate surface area is 192 Å². The molecule has 11 heteroatoms. The number of para-hydroxylation sites is 2. The van der Waals surface area contributed by atoms with E-state index in [2.05, 4.69) is 25.4 Å². The lowest BCUT2D eigenvalue weighted by Crippen LogP contribution is -2.63. The van der Waals surface area contributed by atoms with Crippen molar-refractivity contribution in [2.24, 2.45) is 21.1 Å². The van der Waals surface area contributed by atoms with Crippen LogP contribution in [-0.2, 0) is 6.54 Å². The van der Waals surface area contributed by atoms with Crippen LogP contribution in [0.5, 0.6) is 0 Å². The number of hydrogen-bond acceptors (Lipinski definition) is 6. The quantitative estimate of drug-likeness (QED) is 0.252. The van der Waals surface area contributed by atoms with Crippen LogP contribution >= 0.6 is 0 Å². The van der Waals surface area contributed by atoms with E-state index in [4.69, 9.17) is 21.9 Å². The third-order valence-corrected chi connectivity index (χ3v) is 6.29. The zero-order chi connectivity index (χ0) is 23.1. The molecule has 0 unspecified atom stereocenters. The van der Waals surface area contributed by atoms with Crippen molar-refractivity contribution in [2.45, 2.75) is 44.2 Å². The lowest BCUT2D eigenvalue weighted by atomic mass is 9.78. The number of anilines is 3. The fourth-order valence-corrected chi connectivity index (χ4v) is 4.62. The molecule has 1 spiro atoms. The van der Waals surface area contributed by atoms with E-state index in [-0.39, 0.29) is 18.9 Å². The Kier molecular flexibility index (Phi) is 6.85. The Morgan fingerprint density at radius 2 is 1.73 bits per heavy atom. The number of nitrogens with one attached hydrogen (secondary N) is 1. The van der Waals surface area contributed by atoms with Gasteiger partial charge in [0.2, 0.25) is 0 Å². The second kappa shape index (κ2) is 10.1. The van der Waals surface area contributed by atoms with Crippen molar-refractivity contribution in [2.75, 3.05) is 28.6 Å². The summed E-state index contributed by atoms with van der Waals surface area (Å²) in [5.41, 5.74) is 20.7. The largest absolute Gasteiger partial charge is 0.360 e.